The van der Waals surface area contributed by atoms with Crippen LogP contribution in [0.15, 0.2) is 71.1 Å². The van der Waals surface area contributed by atoms with Crippen LogP contribution in [0, 0.1) is 6.92 Å². The van der Waals surface area contributed by atoms with E-state index >= 15 is 0 Å². The van der Waals surface area contributed by atoms with E-state index in [0.29, 0.717) is 22.0 Å². The molecule has 0 radical (unpaired) electrons. The normalized spacial score (nSPS) is 10.6. The van der Waals surface area contributed by atoms with Gasteiger partial charge in [-0.3, -0.25) is 14.9 Å². The second-order valence-electron chi connectivity index (χ2n) is 7.16. The molecule has 4 rings (SSSR count). The molecule has 9 heteroatoms. The van der Waals surface area contributed by atoms with Crippen LogP contribution in [0.5, 0.6) is 0 Å². The number of amides is 2. The van der Waals surface area contributed by atoms with Crippen LogP contribution in [0.3, 0.4) is 0 Å². The molecule has 0 atom stereocenters. The lowest BCUT2D eigenvalue weighted by atomic mass is 10.1. The Morgan fingerprint density at radius 2 is 1.70 bits per heavy atom. The fourth-order valence-corrected chi connectivity index (χ4v) is 3.75. The zero-order valence-corrected chi connectivity index (χ0v) is 19.6. The molecule has 6 nitrogen and oxygen atoms in total. The summed E-state index contributed by atoms with van der Waals surface area (Å²) < 4.78 is 5.61. The summed E-state index contributed by atoms with van der Waals surface area (Å²) in [5.41, 5.74) is 2.90. The van der Waals surface area contributed by atoms with E-state index in [1.165, 1.54) is 12.1 Å². The second kappa shape index (κ2) is 9.62. The Morgan fingerprint density at radius 3 is 2.45 bits per heavy atom. The summed E-state index contributed by atoms with van der Waals surface area (Å²) in [7, 11) is 0. The number of para-hydroxylation sites is 1. The number of benzene rings is 3. The van der Waals surface area contributed by atoms with Crippen molar-refractivity contribution in [3.63, 3.8) is 0 Å². The molecule has 0 bridgehead atoms. The minimum Gasteiger partial charge on any atom is -0.451 e. The summed E-state index contributed by atoms with van der Waals surface area (Å²) in [5.74, 6) is -0.607. The van der Waals surface area contributed by atoms with Crippen molar-refractivity contribution in [2.45, 2.75) is 6.92 Å². The summed E-state index contributed by atoms with van der Waals surface area (Å²) in [6, 6.07) is 19.0. The fraction of sp³-hybridized carbons (Fsp3) is 0.0417. The molecule has 0 saturated heterocycles. The van der Waals surface area contributed by atoms with Crippen molar-refractivity contribution in [3.05, 3.63) is 93.7 Å². The zero-order chi connectivity index (χ0) is 23.5. The van der Waals surface area contributed by atoms with Crippen molar-refractivity contribution in [1.82, 2.24) is 5.32 Å². The molecule has 166 valence electrons. The molecule has 0 fully saturated rings. The van der Waals surface area contributed by atoms with E-state index in [4.69, 9.17) is 39.8 Å². The standard InChI is InChI=1S/C24H17Cl2N3O3S/c1-13-10-16(27-24(33)29-22(30)17-12-15(25)6-8-18(17)26)7-9-19(13)28-23(31)21-11-14-4-2-3-5-20(14)32-21/h2-12H,1H3,(H,28,31)(H2,27,29,30,33). The molecule has 0 saturated carbocycles. The van der Waals surface area contributed by atoms with Gasteiger partial charge in [-0.2, -0.15) is 0 Å². The van der Waals surface area contributed by atoms with Crippen LogP contribution in [0.1, 0.15) is 26.5 Å². The summed E-state index contributed by atoms with van der Waals surface area (Å²) in [6.07, 6.45) is 0. The molecule has 33 heavy (non-hydrogen) atoms. The Morgan fingerprint density at radius 1 is 0.909 bits per heavy atom. The molecular formula is C24H17Cl2N3O3S. The van der Waals surface area contributed by atoms with E-state index < -0.39 is 5.91 Å². The van der Waals surface area contributed by atoms with Gasteiger partial charge in [0.05, 0.1) is 10.6 Å². The van der Waals surface area contributed by atoms with Gasteiger partial charge in [-0.1, -0.05) is 41.4 Å². The van der Waals surface area contributed by atoms with Crippen LogP contribution in [0.25, 0.3) is 11.0 Å². The third kappa shape index (κ3) is 5.34. The largest absolute Gasteiger partial charge is 0.451 e. The number of hydrogen-bond acceptors (Lipinski definition) is 4. The first-order valence-corrected chi connectivity index (χ1v) is 10.9. The van der Waals surface area contributed by atoms with Crippen molar-refractivity contribution < 1.29 is 14.0 Å². The van der Waals surface area contributed by atoms with Gasteiger partial charge in [-0.25, -0.2) is 0 Å². The number of carbonyl (C=O) groups excluding carboxylic acids is 2. The molecule has 0 aliphatic carbocycles. The quantitative estimate of drug-likeness (QED) is 0.283. The van der Waals surface area contributed by atoms with E-state index in [-0.39, 0.29) is 27.4 Å². The minimum atomic E-state index is -0.480. The molecule has 1 heterocycles. The van der Waals surface area contributed by atoms with Gasteiger partial charge in [-0.05, 0) is 73.2 Å². The first-order chi connectivity index (χ1) is 15.8. The third-order valence-corrected chi connectivity index (χ3v) is 5.55. The van der Waals surface area contributed by atoms with Crippen LogP contribution in [-0.4, -0.2) is 16.9 Å². The van der Waals surface area contributed by atoms with Crippen molar-refractivity contribution in [2.75, 3.05) is 10.6 Å². The van der Waals surface area contributed by atoms with E-state index in [1.807, 2.05) is 25.1 Å². The van der Waals surface area contributed by atoms with Crippen molar-refractivity contribution in [2.24, 2.45) is 0 Å². The van der Waals surface area contributed by atoms with Gasteiger partial charge in [-0.15, -0.1) is 0 Å². The summed E-state index contributed by atoms with van der Waals surface area (Å²) in [4.78, 5) is 25.0. The Bertz CT molecular complexity index is 1370. The van der Waals surface area contributed by atoms with Crippen LogP contribution in [0.4, 0.5) is 11.4 Å². The Balaban J connectivity index is 1.40. The number of nitrogens with one attached hydrogen (secondary N) is 3. The maximum absolute atomic E-state index is 12.6. The predicted molar refractivity (Wildman–Crippen MR) is 135 cm³/mol. The number of halogens is 2. The average molecular weight is 498 g/mol. The molecule has 2 amide bonds. The maximum Gasteiger partial charge on any atom is 0.291 e. The fourth-order valence-electron chi connectivity index (χ4n) is 3.16. The van der Waals surface area contributed by atoms with Gasteiger partial charge in [0.15, 0.2) is 10.9 Å². The molecule has 1 aromatic heterocycles. The number of furan rings is 1. The van der Waals surface area contributed by atoms with E-state index in [1.54, 1.807) is 36.4 Å². The van der Waals surface area contributed by atoms with Crippen molar-refractivity contribution in [1.29, 1.82) is 0 Å². The summed E-state index contributed by atoms with van der Waals surface area (Å²) >= 11 is 17.2. The number of anilines is 2. The molecule has 3 aromatic carbocycles. The lowest BCUT2D eigenvalue weighted by Crippen LogP contribution is -2.34. The van der Waals surface area contributed by atoms with Crippen LogP contribution in [-0.2, 0) is 0 Å². The van der Waals surface area contributed by atoms with Crippen LogP contribution < -0.4 is 16.0 Å². The van der Waals surface area contributed by atoms with Crippen LogP contribution >= 0.6 is 35.4 Å². The topological polar surface area (TPSA) is 83.4 Å². The number of thiocarbonyl (C=S) groups is 1. The van der Waals surface area contributed by atoms with Gasteiger partial charge >= 0.3 is 0 Å². The highest BCUT2D eigenvalue weighted by molar-refractivity contribution is 7.80. The Kier molecular flexibility index (Phi) is 6.65. The average Bonchev–Trinajstić information content (AvgIpc) is 3.21. The summed E-state index contributed by atoms with van der Waals surface area (Å²) in [5, 5.41) is 9.95. The van der Waals surface area contributed by atoms with E-state index in [0.717, 1.165) is 10.9 Å². The number of aryl methyl sites for hydroxylation is 1. The Hall–Kier alpha value is -3.39. The number of rotatable bonds is 4. The summed E-state index contributed by atoms with van der Waals surface area (Å²) in [6.45, 7) is 1.84. The second-order valence-corrected chi connectivity index (χ2v) is 8.42. The molecule has 0 aliphatic rings. The highest BCUT2D eigenvalue weighted by Crippen LogP contribution is 2.24. The molecule has 0 unspecified atom stereocenters. The Labute approximate surface area is 204 Å². The first kappa shape index (κ1) is 22.8. The molecule has 3 N–H and O–H groups in total. The van der Waals surface area contributed by atoms with Gasteiger partial charge in [0, 0.05) is 21.8 Å². The minimum absolute atomic E-state index is 0.0921. The first-order valence-electron chi connectivity index (χ1n) is 9.78. The molecule has 4 aromatic rings. The highest BCUT2D eigenvalue weighted by atomic mass is 35.5. The van der Waals surface area contributed by atoms with Gasteiger partial charge < -0.3 is 15.1 Å². The number of hydrogen-bond donors (Lipinski definition) is 3. The van der Waals surface area contributed by atoms with E-state index in [9.17, 15) is 9.59 Å². The molecule has 0 aliphatic heterocycles. The third-order valence-electron chi connectivity index (χ3n) is 4.78. The smallest absolute Gasteiger partial charge is 0.291 e. The molecule has 0 spiro atoms. The SMILES string of the molecule is Cc1cc(NC(=S)NC(=O)c2cc(Cl)ccc2Cl)ccc1NC(=O)c1cc2ccccc2o1. The molecular weight excluding hydrogens is 481 g/mol. The van der Waals surface area contributed by atoms with Gasteiger partial charge in [0.25, 0.3) is 11.8 Å². The lowest BCUT2D eigenvalue weighted by molar-refractivity contribution is 0.0975. The van der Waals surface area contributed by atoms with Crippen LogP contribution in [0.2, 0.25) is 10.0 Å². The number of carbonyl (C=O) groups is 2. The van der Waals surface area contributed by atoms with Crippen molar-refractivity contribution in [3.8, 4) is 0 Å². The van der Waals surface area contributed by atoms with E-state index in [2.05, 4.69) is 16.0 Å². The van der Waals surface area contributed by atoms with Gasteiger partial charge in [0.1, 0.15) is 5.58 Å². The lowest BCUT2D eigenvalue weighted by Gasteiger charge is -2.13. The monoisotopic (exact) mass is 497 g/mol. The number of fused-ring (bicyclic) bond motifs is 1. The van der Waals surface area contributed by atoms with Gasteiger partial charge in [0.2, 0.25) is 0 Å². The maximum atomic E-state index is 12.6. The predicted octanol–water partition coefficient (Wildman–Crippen LogP) is 6.43. The zero-order valence-electron chi connectivity index (χ0n) is 17.2. The highest BCUT2D eigenvalue weighted by Gasteiger charge is 2.15. The van der Waals surface area contributed by atoms with Crippen molar-refractivity contribution >= 4 is 74.7 Å².